The summed E-state index contributed by atoms with van der Waals surface area (Å²) in [6, 6.07) is 5.19. The Labute approximate surface area is 116 Å². The Morgan fingerprint density at radius 3 is 2.85 bits per heavy atom. The lowest BCUT2D eigenvalue weighted by Gasteiger charge is -2.16. The number of pyridine rings is 1. The molecule has 0 fully saturated rings. The minimum absolute atomic E-state index is 0.0671. The molecule has 0 spiro atoms. The topological polar surface area (TPSA) is 77.3 Å². The molecule has 1 unspecified atom stereocenters. The highest BCUT2D eigenvalue weighted by Gasteiger charge is 2.15. The molecule has 1 N–H and O–H groups in total. The molecule has 0 saturated heterocycles. The number of nitro benzene ring substituents is 1. The smallest absolute Gasteiger partial charge is 0.278 e. The van der Waals surface area contributed by atoms with E-state index in [4.69, 9.17) is 4.74 Å². The zero-order chi connectivity index (χ0) is 14.7. The lowest BCUT2D eigenvalue weighted by atomic mass is 10.1. The number of rotatable bonds is 5. The Kier molecular flexibility index (Phi) is 4.14. The summed E-state index contributed by atoms with van der Waals surface area (Å²) in [5.74, 6) is 0. The van der Waals surface area contributed by atoms with Crippen LogP contribution in [0.4, 0.5) is 11.4 Å². The molecule has 2 aromatic rings. The van der Waals surface area contributed by atoms with Crippen LogP contribution in [0.2, 0.25) is 0 Å². The number of non-ortho nitro benzene ring substituents is 1. The number of hydrogen-bond acceptors (Lipinski definition) is 5. The molecule has 106 valence electrons. The second-order valence-electron chi connectivity index (χ2n) is 4.76. The quantitative estimate of drug-likeness (QED) is 0.670. The third-order valence-electron chi connectivity index (χ3n) is 3.03. The highest BCUT2D eigenvalue weighted by Crippen LogP contribution is 2.31. The first kappa shape index (κ1) is 14.2. The molecule has 0 amide bonds. The molecule has 0 aliphatic heterocycles. The normalized spacial score (nSPS) is 12.3. The van der Waals surface area contributed by atoms with Gasteiger partial charge in [-0.2, -0.15) is 0 Å². The van der Waals surface area contributed by atoms with Gasteiger partial charge in [-0.15, -0.1) is 0 Å². The van der Waals surface area contributed by atoms with Gasteiger partial charge in [0.25, 0.3) is 5.69 Å². The van der Waals surface area contributed by atoms with Crippen molar-refractivity contribution >= 4 is 22.1 Å². The molecule has 20 heavy (non-hydrogen) atoms. The second kappa shape index (κ2) is 5.83. The van der Waals surface area contributed by atoms with Crippen LogP contribution < -0.4 is 5.32 Å². The number of aromatic nitrogens is 1. The number of anilines is 1. The van der Waals surface area contributed by atoms with Gasteiger partial charge in [0.2, 0.25) is 0 Å². The van der Waals surface area contributed by atoms with Gasteiger partial charge in [0.1, 0.15) is 0 Å². The first-order valence-electron chi connectivity index (χ1n) is 6.32. The predicted molar refractivity (Wildman–Crippen MR) is 78.1 cm³/mol. The zero-order valence-electron chi connectivity index (χ0n) is 11.7. The van der Waals surface area contributed by atoms with E-state index in [1.54, 1.807) is 19.4 Å². The van der Waals surface area contributed by atoms with Crippen LogP contribution in [0.25, 0.3) is 10.8 Å². The highest BCUT2D eigenvalue weighted by molar-refractivity contribution is 5.99. The highest BCUT2D eigenvalue weighted by atomic mass is 16.6. The number of benzene rings is 1. The Hall–Kier alpha value is -2.21. The van der Waals surface area contributed by atoms with Crippen molar-refractivity contribution in [1.82, 2.24) is 4.98 Å². The van der Waals surface area contributed by atoms with Gasteiger partial charge in [0, 0.05) is 42.2 Å². The number of nitrogens with one attached hydrogen (secondary N) is 1. The molecular weight excluding hydrogens is 258 g/mol. The van der Waals surface area contributed by atoms with Crippen molar-refractivity contribution in [2.45, 2.75) is 19.9 Å². The van der Waals surface area contributed by atoms with E-state index in [1.807, 2.05) is 19.9 Å². The summed E-state index contributed by atoms with van der Waals surface area (Å²) in [6.07, 6.45) is 1.55. The summed E-state index contributed by atoms with van der Waals surface area (Å²) >= 11 is 0. The van der Waals surface area contributed by atoms with Gasteiger partial charge in [0.15, 0.2) is 0 Å². The van der Waals surface area contributed by atoms with Gasteiger partial charge in [0.05, 0.1) is 16.9 Å². The molecule has 1 aromatic carbocycles. The summed E-state index contributed by atoms with van der Waals surface area (Å²) < 4.78 is 5.09. The van der Waals surface area contributed by atoms with Gasteiger partial charge in [-0.1, -0.05) is 0 Å². The fraction of sp³-hybridized carbons (Fsp3) is 0.357. The van der Waals surface area contributed by atoms with Gasteiger partial charge in [-0.05, 0) is 26.0 Å². The van der Waals surface area contributed by atoms with Gasteiger partial charge >= 0.3 is 0 Å². The number of methoxy groups -OCH3 is 1. The Morgan fingerprint density at radius 1 is 1.45 bits per heavy atom. The Bertz CT molecular complexity index is 643. The van der Waals surface area contributed by atoms with Gasteiger partial charge in [-0.25, -0.2) is 0 Å². The summed E-state index contributed by atoms with van der Waals surface area (Å²) in [6.45, 7) is 4.41. The van der Waals surface area contributed by atoms with E-state index in [9.17, 15) is 10.1 Å². The molecule has 0 aliphatic carbocycles. The van der Waals surface area contributed by atoms with E-state index in [-0.39, 0.29) is 16.7 Å². The number of fused-ring (bicyclic) bond motifs is 1. The van der Waals surface area contributed by atoms with E-state index >= 15 is 0 Å². The van der Waals surface area contributed by atoms with E-state index in [1.165, 1.54) is 6.07 Å². The van der Waals surface area contributed by atoms with Crippen LogP contribution in [0.15, 0.2) is 24.4 Å². The first-order chi connectivity index (χ1) is 9.52. The van der Waals surface area contributed by atoms with Crippen LogP contribution in [0.1, 0.15) is 12.6 Å². The standard InChI is InChI=1S/C14H17N3O3/c1-9-6-11-12(7-15-9)14(17(18)19)5-4-13(11)16-10(2)8-20-3/h4-7,10,16H,8H2,1-3H3. The maximum absolute atomic E-state index is 11.1. The molecule has 0 saturated carbocycles. The van der Waals surface area contributed by atoms with Crippen LogP contribution in [0, 0.1) is 17.0 Å². The van der Waals surface area contributed by atoms with Crippen molar-refractivity contribution in [1.29, 1.82) is 0 Å². The zero-order valence-corrected chi connectivity index (χ0v) is 11.7. The Morgan fingerprint density at radius 2 is 2.20 bits per heavy atom. The lowest BCUT2D eigenvalue weighted by Crippen LogP contribution is -2.20. The van der Waals surface area contributed by atoms with Gasteiger partial charge < -0.3 is 10.1 Å². The molecule has 1 atom stereocenters. The molecule has 0 aliphatic rings. The number of ether oxygens (including phenoxy) is 1. The molecular formula is C14H17N3O3. The number of nitro groups is 1. The molecule has 0 radical (unpaired) electrons. The van der Waals surface area contributed by atoms with Crippen LogP contribution in [0.3, 0.4) is 0 Å². The monoisotopic (exact) mass is 275 g/mol. The van der Waals surface area contributed by atoms with E-state index < -0.39 is 0 Å². The van der Waals surface area contributed by atoms with E-state index in [0.29, 0.717) is 12.0 Å². The van der Waals surface area contributed by atoms with Crippen molar-refractivity contribution in [2.24, 2.45) is 0 Å². The van der Waals surface area contributed by atoms with Gasteiger partial charge in [-0.3, -0.25) is 15.1 Å². The third-order valence-corrected chi connectivity index (χ3v) is 3.03. The molecule has 6 heteroatoms. The van der Waals surface area contributed by atoms with Crippen molar-refractivity contribution < 1.29 is 9.66 Å². The summed E-state index contributed by atoms with van der Waals surface area (Å²) in [5.41, 5.74) is 1.73. The summed E-state index contributed by atoms with van der Waals surface area (Å²) in [7, 11) is 1.64. The number of nitrogens with zero attached hydrogens (tertiary/aromatic N) is 2. The van der Waals surface area contributed by atoms with Crippen molar-refractivity contribution in [3.8, 4) is 0 Å². The fourth-order valence-electron chi connectivity index (χ4n) is 2.17. The number of aryl methyl sites for hydroxylation is 1. The SMILES string of the molecule is COCC(C)Nc1ccc([N+](=O)[O-])c2cnc(C)cc12. The van der Waals surface area contributed by atoms with Crippen LogP contribution in [-0.2, 0) is 4.74 Å². The first-order valence-corrected chi connectivity index (χ1v) is 6.32. The third kappa shape index (κ3) is 2.85. The predicted octanol–water partition coefficient (Wildman–Crippen LogP) is 2.90. The van der Waals surface area contributed by atoms with Crippen LogP contribution in [-0.4, -0.2) is 29.7 Å². The largest absolute Gasteiger partial charge is 0.383 e. The molecule has 0 bridgehead atoms. The minimum atomic E-state index is -0.387. The van der Waals surface area contributed by atoms with Crippen LogP contribution >= 0.6 is 0 Å². The maximum Gasteiger partial charge on any atom is 0.278 e. The average molecular weight is 275 g/mol. The maximum atomic E-state index is 11.1. The van der Waals surface area contributed by atoms with E-state index in [2.05, 4.69) is 10.3 Å². The van der Waals surface area contributed by atoms with Crippen LogP contribution in [0.5, 0.6) is 0 Å². The molecule has 2 rings (SSSR count). The number of hydrogen-bond donors (Lipinski definition) is 1. The van der Waals surface area contributed by atoms with Crippen molar-refractivity contribution in [3.63, 3.8) is 0 Å². The van der Waals surface area contributed by atoms with E-state index in [0.717, 1.165) is 16.8 Å². The molecule has 6 nitrogen and oxygen atoms in total. The Balaban J connectivity index is 2.53. The lowest BCUT2D eigenvalue weighted by molar-refractivity contribution is -0.383. The minimum Gasteiger partial charge on any atom is -0.383 e. The van der Waals surface area contributed by atoms with Crippen molar-refractivity contribution in [2.75, 3.05) is 19.0 Å². The van der Waals surface area contributed by atoms with Crippen molar-refractivity contribution in [3.05, 3.63) is 40.2 Å². The summed E-state index contributed by atoms with van der Waals surface area (Å²) in [4.78, 5) is 14.8. The molecule has 1 aromatic heterocycles. The summed E-state index contributed by atoms with van der Waals surface area (Å²) in [5, 5.41) is 15.7. The average Bonchev–Trinajstić information content (AvgIpc) is 2.39. The fourth-order valence-corrected chi connectivity index (χ4v) is 2.17. The molecule has 1 heterocycles. The second-order valence-corrected chi connectivity index (χ2v) is 4.76.